The summed E-state index contributed by atoms with van der Waals surface area (Å²) in [7, 11) is 1.89. The molecule has 1 aliphatic rings. The number of para-hydroxylation sites is 2. The molecule has 2 aromatic carbocycles. The molecule has 6 heteroatoms. The molecule has 1 heterocycles. The van der Waals surface area contributed by atoms with E-state index >= 15 is 0 Å². The van der Waals surface area contributed by atoms with Gasteiger partial charge in [0, 0.05) is 18.1 Å². The van der Waals surface area contributed by atoms with Crippen LogP contribution in [0.2, 0.25) is 5.02 Å². The van der Waals surface area contributed by atoms with Crippen LogP contribution in [0.3, 0.4) is 0 Å². The van der Waals surface area contributed by atoms with Crippen molar-refractivity contribution in [3.63, 3.8) is 0 Å². The molecule has 132 valence electrons. The molecule has 0 spiro atoms. The molecule has 1 N–H and O–H groups in total. The summed E-state index contributed by atoms with van der Waals surface area (Å²) in [6.45, 7) is 1.84. The minimum atomic E-state index is -0.0966. The molecule has 5 nitrogen and oxygen atoms in total. The maximum atomic E-state index is 12.1. The average molecular weight is 361 g/mol. The first-order chi connectivity index (χ1) is 12.1. The zero-order valence-electron chi connectivity index (χ0n) is 14.1. The highest BCUT2D eigenvalue weighted by Gasteiger charge is 2.22. The van der Waals surface area contributed by atoms with Crippen molar-refractivity contribution >= 4 is 17.5 Å². The monoisotopic (exact) mass is 360 g/mol. The number of likely N-dealkylation sites (N-methyl/N-ethyl adjacent to an activating group) is 1. The van der Waals surface area contributed by atoms with Crippen molar-refractivity contribution in [1.29, 1.82) is 0 Å². The Morgan fingerprint density at radius 2 is 2.04 bits per heavy atom. The Balaban J connectivity index is 1.43. The van der Waals surface area contributed by atoms with Crippen LogP contribution in [0.25, 0.3) is 0 Å². The van der Waals surface area contributed by atoms with Gasteiger partial charge in [-0.2, -0.15) is 0 Å². The molecular formula is C19H21ClN2O3. The van der Waals surface area contributed by atoms with Crippen LogP contribution < -0.4 is 14.8 Å². The van der Waals surface area contributed by atoms with Crippen molar-refractivity contribution in [3.8, 4) is 11.5 Å². The molecule has 2 aromatic rings. The number of amides is 1. The van der Waals surface area contributed by atoms with Crippen LogP contribution in [0.1, 0.15) is 5.56 Å². The molecule has 3 rings (SSSR count). The van der Waals surface area contributed by atoms with Crippen molar-refractivity contribution in [2.45, 2.75) is 12.6 Å². The van der Waals surface area contributed by atoms with Gasteiger partial charge in [0.05, 0.1) is 6.54 Å². The summed E-state index contributed by atoms with van der Waals surface area (Å²) in [5, 5.41) is 3.56. The lowest BCUT2D eigenvalue weighted by atomic mass is 10.2. The molecule has 0 aliphatic carbocycles. The number of rotatable bonds is 6. The van der Waals surface area contributed by atoms with Gasteiger partial charge in [0.2, 0.25) is 5.91 Å². The molecule has 0 saturated carbocycles. The Hall–Kier alpha value is -2.24. The van der Waals surface area contributed by atoms with Crippen molar-refractivity contribution in [3.05, 3.63) is 59.1 Å². The first-order valence-electron chi connectivity index (χ1n) is 8.18. The summed E-state index contributed by atoms with van der Waals surface area (Å²) in [4.78, 5) is 14.0. The Morgan fingerprint density at radius 3 is 2.84 bits per heavy atom. The fourth-order valence-corrected chi connectivity index (χ4v) is 2.93. The van der Waals surface area contributed by atoms with E-state index in [2.05, 4.69) is 5.32 Å². The topological polar surface area (TPSA) is 50.8 Å². The van der Waals surface area contributed by atoms with Crippen molar-refractivity contribution < 1.29 is 14.3 Å². The van der Waals surface area contributed by atoms with E-state index < -0.39 is 0 Å². The lowest BCUT2D eigenvalue weighted by Crippen LogP contribution is -2.43. The van der Waals surface area contributed by atoms with E-state index in [9.17, 15) is 4.79 Å². The van der Waals surface area contributed by atoms with Crippen LogP contribution in [-0.2, 0) is 11.3 Å². The molecular weight excluding hydrogens is 340 g/mol. The van der Waals surface area contributed by atoms with Crippen LogP contribution in [-0.4, -0.2) is 43.7 Å². The van der Waals surface area contributed by atoms with E-state index in [0.29, 0.717) is 31.3 Å². The normalized spacial score (nSPS) is 15.9. The SMILES string of the molecule is CN(CC(=O)NCc1cccc(Cl)c1)CC1COc2ccccc2O1. The molecule has 1 amide bonds. The van der Waals surface area contributed by atoms with Gasteiger partial charge >= 0.3 is 0 Å². The number of ether oxygens (including phenoxy) is 2. The van der Waals surface area contributed by atoms with Gasteiger partial charge in [0.1, 0.15) is 12.7 Å². The summed E-state index contributed by atoms with van der Waals surface area (Å²) >= 11 is 5.94. The molecule has 0 fully saturated rings. The van der Waals surface area contributed by atoms with Crippen LogP contribution in [0.5, 0.6) is 11.5 Å². The Kier molecular flexibility index (Phi) is 5.79. The quantitative estimate of drug-likeness (QED) is 0.860. The predicted molar refractivity (Wildman–Crippen MR) is 97.1 cm³/mol. The van der Waals surface area contributed by atoms with Gasteiger partial charge in [-0.1, -0.05) is 35.9 Å². The van der Waals surface area contributed by atoms with E-state index in [0.717, 1.165) is 17.1 Å². The zero-order valence-corrected chi connectivity index (χ0v) is 14.8. The first-order valence-corrected chi connectivity index (χ1v) is 8.56. The van der Waals surface area contributed by atoms with Gasteiger partial charge in [-0.15, -0.1) is 0 Å². The summed E-state index contributed by atoms with van der Waals surface area (Å²) in [5.41, 5.74) is 0.976. The van der Waals surface area contributed by atoms with Crippen LogP contribution in [0.4, 0.5) is 0 Å². The van der Waals surface area contributed by atoms with Gasteiger partial charge in [-0.25, -0.2) is 0 Å². The molecule has 0 bridgehead atoms. The molecule has 25 heavy (non-hydrogen) atoms. The number of nitrogens with zero attached hydrogens (tertiary/aromatic N) is 1. The average Bonchev–Trinajstić information content (AvgIpc) is 2.60. The second-order valence-electron chi connectivity index (χ2n) is 6.10. The Bertz CT molecular complexity index is 738. The summed E-state index contributed by atoms with van der Waals surface area (Å²) < 4.78 is 11.6. The highest BCUT2D eigenvalue weighted by molar-refractivity contribution is 6.30. The maximum Gasteiger partial charge on any atom is 0.234 e. The van der Waals surface area contributed by atoms with E-state index in [1.807, 2.05) is 60.5 Å². The fraction of sp³-hybridized carbons (Fsp3) is 0.316. The second-order valence-corrected chi connectivity index (χ2v) is 6.54. The fourth-order valence-electron chi connectivity index (χ4n) is 2.71. The van der Waals surface area contributed by atoms with E-state index in [4.69, 9.17) is 21.1 Å². The molecule has 1 unspecified atom stereocenters. The number of nitrogens with one attached hydrogen (secondary N) is 1. The third kappa shape index (κ3) is 5.11. The highest BCUT2D eigenvalue weighted by atomic mass is 35.5. The first kappa shape index (κ1) is 17.6. The molecule has 0 aromatic heterocycles. The number of carbonyl (C=O) groups excluding carboxylic acids is 1. The summed E-state index contributed by atoms with van der Waals surface area (Å²) in [5.74, 6) is 1.47. The van der Waals surface area contributed by atoms with E-state index in [1.54, 1.807) is 0 Å². The summed E-state index contributed by atoms with van der Waals surface area (Å²) in [6, 6.07) is 15.1. The predicted octanol–water partition coefficient (Wildman–Crippen LogP) is 2.73. The van der Waals surface area contributed by atoms with Gasteiger partial charge in [0.15, 0.2) is 11.5 Å². The minimum absolute atomic E-state index is 0.0420. The lowest BCUT2D eigenvalue weighted by Gasteiger charge is -2.29. The van der Waals surface area contributed by atoms with E-state index in [-0.39, 0.29) is 12.0 Å². The highest BCUT2D eigenvalue weighted by Crippen LogP contribution is 2.30. The van der Waals surface area contributed by atoms with E-state index in [1.165, 1.54) is 0 Å². The molecule has 0 saturated heterocycles. The number of hydrogen-bond donors (Lipinski definition) is 1. The minimum Gasteiger partial charge on any atom is -0.486 e. The maximum absolute atomic E-state index is 12.1. The molecule has 1 atom stereocenters. The zero-order chi connectivity index (χ0) is 17.6. The van der Waals surface area contributed by atoms with Gasteiger partial charge in [-0.3, -0.25) is 9.69 Å². The molecule has 0 radical (unpaired) electrons. The Labute approximate surface area is 152 Å². The van der Waals surface area contributed by atoms with Crippen molar-refractivity contribution in [1.82, 2.24) is 10.2 Å². The third-order valence-corrected chi connectivity index (χ3v) is 4.11. The Morgan fingerprint density at radius 1 is 1.24 bits per heavy atom. The van der Waals surface area contributed by atoms with Gasteiger partial charge < -0.3 is 14.8 Å². The van der Waals surface area contributed by atoms with Crippen LogP contribution in [0, 0.1) is 0 Å². The van der Waals surface area contributed by atoms with Crippen molar-refractivity contribution in [2.75, 3.05) is 26.7 Å². The van der Waals surface area contributed by atoms with Crippen molar-refractivity contribution in [2.24, 2.45) is 0 Å². The smallest absolute Gasteiger partial charge is 0.234 e. The van der Waals surface area contributed by atoms with Crippen LogP contribution in [0.15, 0.2) is 48.5 Å². The number of halogens is 1. The summed E-state index contributed by atoms with van der Waals surface area (Å²) in [6.07, 6.45) is -0.0966. The van der Waals surface area contributed by atoms with Gasteiger partial charge in [0.25, 0.3) is 0 Å². The number of fused-ring (bicyclic) bond motifs is 1. The third-order valence-electron chi connectivity index (χ3n) is 3.88. The number of benzene rings is 2. The number of hydrogen-bond acceptors (Lipinski definition) is 4. The standard InChI is InChI=1S/C19H21ClN2O3/c1-22(11-16-13-24-17-7-2-3-8-18(17)25-16)12-19(23)21-10-14-5-4-6-15(20)9-14/h2-9,16H,10-13H2,1H3,(H,21,23). The number of carbonyl (C=O) groups is 1. The molecule has 1 aliphatic heterocycles. The van der Waals surface area contributed by atoms with Crippen LogP contribution >= 0.6 is 11.6 Å². The largest absolute Gasteiger partial charge is 0.486 e. The van der Waals surface area contributed by atoms with Gasteiger partial charge in [-0.05, 0) is 36.9 Å². The second kappa shape index (κ2) is 8.23. The lowest BCUT2D eigenvalue weighted by molar-refractivity contribution is -0.122.